The Balaban J connectivity index is 1.56. The highest BCUT2D eigenvalue weighted by atomic mass is 16.5. The normalized spacial score (nSPS) is 10.3. The molecule has 0 saturated carbocycles. The van der Waals surface area contributed by atoms with Crippen molar-refractivity contribution in [1.82, 2.24) is 0 Å². The first-order valence-corrected chi connectivity index (χ1v) is 8.95. The van der Waals surface area contributed by atoms with Crippen LogP contribution >= 0.6 is 0 Å². The minimum absolute atomic E-state index is 0.653. The van der Waals surface area contributed by atoms with E-state index in [4.69, 9.17) is 10.00 Å². The minimum Gasteiger partial charge on any atom is -0.497 e. The fourth-order valence-corrected chi connectivity index (χ4v) is 3.07. The summed E-state index contributed by atoms with van der Waals surface area (Å²) in [7, 11) is 1.67. The van der Waals surface area contributed by atoms with E-state index in [2.05, 4.69) is 47.3 Å². The second-order valence-corrected chi connectivity index (χ2v) is 6.35. The van der Waals surface area contributed by atoms with Crippen LogP contribution in [0.4, 0.5) is 0 Å². The van der Waals surface area contributed by atoms with Gasteiger partial charge in [-0.3, -0.25) is 0 Å². The molecule has 0 atom stereocenters. The van der Waals surface area contributed by atoms with E-state index in [9.17, 15) is 0 Å². The lowest BCUT2D eigenvalue weighted by Gasteiger charge is -2.02. The summed E-state index contributed by atoms with van der Waals surface area (Å²) < 4.78 is 9.28. The zero-order valence-corrected chi connectivity index (χ0v) is 15.5. The van der Waals surface area contributed by atoms with Crippen molar-refractivity contribution in [2.45, 2.75) is 0 Å². The Morgan fingerprint density at radius 2 is 1.29 bits per heavy atom. The number of nitrogens with zero attached hydrogens (tertiary/aromatic N) is 3. The lowest BCUT2D eigenvalue weighted by molar-refractivity contribution is -0.596. The van der Waals surface area contributed by atoms with Gasteiger partial charge in [0.1, 0.15) is 5.75 Å². The second-order valence-electron chi connectivity index (χ2n) is 6.35. The summed E-state index contributed by atoms with van der Waals surface area (Å²) in [5, 5.41) is 9.07. The summed E-state index contributed by atoms with van der Waals surface area (Å²) in [6.45, 7) is 0. The summed E-state index contributed by atoms with van der Waals surface area (Å²) in [6.07, 6.45) is 8.12. The van der Waals surface area contributed by atoms with Gasteiger partial charge in [0.25, 0.3) is 0 Å². The molecule has 4 rings (SSSR count). The van der Waals surface area contributed by atoms with Crippen LogP contribution in [0.5, 0.6) is 5.75 Å². The van der Waals surface area contributed by atoms with Crippen molar-refractivity contribution in [2.24, 2.45) is 0 Å². The van der Waals surface area contributed by atoms with Crippen LogP contribution in [0, 0.1) is 11.3 Å². The van der Waals surface area contributed by atoms with Gasteiger partial charge in [0.05, 0.1) is 18.7 Å². The maximum absolute atomic E-state index is 9.07. The highest BCUT2D eigenvalue weighted by molar-refractivity contribution is 5.61. The zero-order valence-electron chi connectivity index (χ0n) is 15.5. The molecule has 2 aromatic heterocycles. The third-order valence-corrected chi connectivity index (χ3v) is 4.64. The number of hydrogen-bond acceptors (Lipinski definition) is 2. The van der Waals surface area contributed by atoms with Gasteiger partial charge in [0, 0.05) is 48.5 Å². The summed E-state index contributed by atoms with van der Waals surface area (Å²) >= 11 is 0. The molecule has 2 aromatic carbocycles. The molecular formula is C24H19N3O+2. The first-order chi connectivity index (χ1) is 13.8. The Bertz CT molecular complexity index is 1130. The molecule has 0 aliphatic carbocycles. The molecule has 4 aromatic rings. The summed E-state index contributed by atoms with van der Waals surface area (Å²) in [6, 6.07) is 26.0. The molecule has 0 aliphatic rings. The van der Waals surface area contributed by atoms with Gasteiger partial charge in [-0.25, -0.2) is 0 Å². The van der Waals surface area contributed by atoms with Crippen LogP contribution < -0.4 is 13.9 Å². The van der Waals surface area contributed by atoms with Gasteiger partial charge in [0.15, 0.2) is 24.8 Å². The molecule has 0 bridgehead atoms. The molecule has 0 saturated heterocycles. The van der Waals surface area contributed by atoms with E-state index in [1.54, 1.807) is 13.2 Å². The molecule has 0 N–H and O–H groups in total. The average molecular weight is 365 g/mol. The zero-order chi connectivity index (χ0) is 19.3. The van der Waals surface area contributed by atoms with Crippen LogP contribution in [-0.4, -0.2) is 7.11 Å². The molecule has 4 nitrogen and oxygen atoms in total. The third kappa shape index (κ3) is 3.60. The highest BCUT2D eigenvalue weighted by Gasteiger charge is 2.10. The molecule has 0 unspecified atom stereocenters. The van der Waals surface area contributed by atoms with E-state index in [1.165, 1.54) is 0 Å². The standard InChI is InChI=1S/C24H19N3O/c1-28-24-7-5-22(6-8-24)26-13-9-20(10-14-26)21-11-15-27(16-12-21)23-4-2-3-19(17-23)18-25/h2-17H,1H3/q+2. The van der Waals surface area contributed by atoms with E-state index < -0.39 is 0 Å². The molecule has 134 valence electrons. The number of benzene rings is 2. The maximum atomic E-state index is 9.07. The van der Waals surface area contributed by atoms with Gasteiger partial charge in [-0.15, -0.1) is 0 Å². The van der Waals surface area contributed by atoms with Crippen molar-refractivity contribution in [3.8, 4) is 34.3 Å². The SMILES string of the molecule is COc1ccc(-[n+]2ccc(-c3cc[n+](-c4cccc(C#N)c4)cc3)cc2)cc1. The van der Waals surface area contributed by atoms with Gasteiger partial charge >= 0.3 is 0 Å². The van der Waals surface area contributed by atoms with Crippen LogP contribution in [0.15, 0.2) is 97.6 Å². The second kappa shape index (κ2) is 7.73. The number of ether oxygens (including phenoxy) is 1. The first kappa shape index (κ1) is 17.4. The Morgan fingerprint density at radius 3 is 1.82 bits per heavy atom. The smallest absolute Gasteiger partial charge is 0.211 e. The Labute approximate surface area is 164 Å². The van der Waals surface area contributed by atoms with Gasteiger partial charge in [-0.1, -0.05) is 6.07 Å². The van der Waals surface area contributed by atoms with E-state index >= 15 is 0 Å². The third-order valence-electron chi connectivity index (χ3n) is 4.64. The average Bonchev–Trinajstić information content (AvgIpc) is 2.79. The number of rotatable bonds is 4. The number of hydrogen-bond donors (Lipinski definition) is 0. The van der Waals surface area contributed by atoms with Gasteiger partial charge < -0.3 is 4.74 Å². The predicted octanol–water partition coefficient (Wildman–Crippen LogP) is 3.79. The Morgan fingerprint density at radius 1 is 0.714 bits per heavy atom. The topological polar surface area (TPSA) is 40.8 Å². The molecule has 4 heteroatoms. The van der Waals surface area contributed by atoms with Gasteiger partial charge in [0.2, 0.25) is 11.4 Å². The van der Waals surface area contributed by atoms with Crippen LogP contribution in [0.25, 0.3) is 22.5 Å². The van der Waals surface area contributed by atoms with Crippen LogP contribution in [-0.2, 0) is 0 Å². The highest BCUT2D eigenvalue weighted by Crippen LogP contribution is 2.17. The molecule has 0 spiro atoms. The van der Waals surface area contributed by atoms with Crippen molar-refractivity contribution in [3.63, 3.8) is 0 Å². The molecular weight excluding hydrogens is 346 g/mol. The molecule has 28 heavy (non-hydrogen) atoms. The predicted molar refractivity (Wildman–Crippen MR) is 106 cm³/mol. The first-order valence-electron chi connectivity index (χ1n) is 8.95. The number of pyridine rings is 2. The van der Waals surface area contributed by atoms with Crippen molar-refractivity contribution in [2.75, 3.05) is 7.11 Å². The lowest BCUT2D eigenvalue weighted by atomic mass is 10.1. The number of nitriles is 1. The van der Waals surface area contributed by atoms with Crippen molar-refractivity contribution in [1.29, 1.82) is 5.26 Å². The largest absolute Gasteiger partial charge is 0.497 e. The lowest BCUT2D eigenvalue weighted by Crippen LogP contribution is -2.29. The molecule has 0 aliphatic heterocycles. The van der Waals surface area contributed by atoms with Crippen LogP contribution in [0.3, 0.4) is 0 Å². The fraction of sp³-hybridized carbons (Fsp3) is 0.0417. The van der Waals surface area contributed by atoms with E-state index in [0.717, 1.165) is 28.3 Å². The van der Waals surface area contributed by atoms with Crippen LogP contribution in [0.2, 0.25) is 0 Å². The number of aromatic nitrogens is 2. The molecule has 0 fully saturated rings. The number of methoxy groups -OCH3 is 1. The quantitative estimate of drug-likeness (QED) is 0.516. The van der Waals surface area contributed by atoms with Crippen molar-refractivity contribution < 1.29 is 13.9 Å². The van der Waals surface area contributed by atoms with Crippen molar-refractivity contribution in [3.05, 3.63) is 103 Å². The molecule has 2 heterocycles. The Hall–Kier alpha value is -3.97. The Kier molecular flexibility index (Phi) is 4.81. The minimum atomic E-state index is 0.653. The summed E-state index contributed by atoms with van der Waals surface area (Å²) in [5.41, 5.74) is 4.98. The van der Waals surface area contributed by atoms with Crippen LogP contribution in [0.1, 0.15) is 5.56 Å². The fourth-order valence-electron chi connectivity index (χ4n) is 3.07. The monoisotopic (exact) mass is 365 g/mol. The summed E-state index contributed by atoms with van der Waals surface area (Å²) in [5.74, 6) is 0.846. The van der Waals surface area contributed by atoms with E-state index in [1.807, 2.05) is 59.4 Å². The molecule has 0 radical (unpaired) electrons. The van der Waals surface area contributed by atoms with E-state index in [0.29, 0.717) is 5.56 Å². The van der Waals surface area contributed by atoms with Crippen molar-refractivity contribution >= 4 is 0 Å². The maximum Gasteiger partial charge on any atom is 0.211 e. The van der Waals surface area contributed by atoms with Gasteiger partial charge in [-0.05, 0) is 29.3 Å². The van der Waals surface area contributed by atoms with Gasteiger partial charge in [-0.2, -0.15) is 14.4 Å². The molecule has 0 amide bonds. The van der Waals surface area contributed by atoms with E-state index in [-0.39, 0.29) is 0 Å². The summed E-state index contributed by atoms with van der Waals surface area (Å²) in [4.78, 5) is 0.